The topological polar surface area (TPSA) is 67.6 Å². The fourth-order valence-corrected chi connectivity index (χ4v) is 2.28. The predicted octanol–water partition coefficient (Wildman–Crippen LogP) is 1.37. The van der Waals surface area contributed by atoms with Crippen molar-refractivity contribution in [3.05, 3.63) is 28.8 Å². The summed E-state index contributed by atoms with van der Waals surface area (Å²) in [5, 5.41) is 3.30. The maximum atomic E-state index is 11.9. The summed E-state index contributed by atoms with van der Waals surface area (Å²) < 4.78 is 5.29. The third-order valence-electron chi connectivity index (χ3n) is 3.30. The van der Waals surface area contributed by atoms with Crippen molar-refractivity contribution in [1.82, 2.24) is 10.2 Å². The lowest BCUT2D eigenvalue weighted by Gasteiger charge is -2.26. The molecule has 0 atom stereocenters. The standard InChI is InChI=1S/C14H20ClN3O2/c15-12-10-11(2-3-13(12)16)14(19)17-4-1-5-18-6-8-20-9-7-18/h2-3,10H,1,4-9,16H2,(H,17,19). The van der Waals surface area contributed by atoms with Crippen LogP contribution in [0.15, 0.2) is 18.2 Å². The minimum atomic E-state index is -0.117. The van der Waals surface area contributed by atoms with E-state index in [4.69, 9.17) is 22.1 Å². The van der Waals surface area contributed by atoms with Gasteiger partial charge in [-0.2, -0.15) is 0 Å². The molecule has 6 heteroatoms. The van der Waals surface area contributed by atoms with Crippen LogP contribution in [0.4, 0.5) is 5.69 Å². The van der Waals surface area contributed by atoms with Gasteiger partial charge >= 0.3 is 0 Å². The zero-order valence-electron chi connectivity index (χ0n) is 11.4. The summed E-state index contributed by atoms with van der Waals surface area (Å²) in [4.78, 5) is 14.3. The van der Waals surface area contributed by atoms with Crippen LogP contribution in [0, 0.1) is 0 Å². The highest BCUT2D eigenvalue weighted by molar-refractivity contribution is 6.33. The molecule has 1 heterocycles. The lowest BCUT2D eigenvalue weighted by Crippen LogP contribution is -2.38. The van der Waals surface area contributed by atoms with Crippen LogP contribution in [-0.4, -0.2) is 50.2 Å². The van der Waals surface area contributed by atoms with E-state index in [0.29, 0.717) is 22.8 Å². The van der Waals surface area contributed by atoms with Gasteiger partial charge in [0.25, 0.3) is 5.91 Å². The lowest BCUT2D eigenvalue weighted by molar-refractivity contribution is 0.0374. The van der Waals surface area contributed by atoms with Gasteiger partial charge in [-0.25, -0.2) is 0 Å². The Hall–Kier alpha value is -1.30. The van der Waals surface area contributed by atoms with Crippen LogP contribution in [0.1, 0.15) is 16.8 Å². The number of nitrogen functional groups attached to an aromatic ring is 1. The number of nitrogens with two attached hydrogens (primary N) is 1. The number of benzene rings is 1. The molecule has 1 aliphatic rings. The zero-order chi connectivity index (χ0) is 14.4. The van der Waals surface area contributed by atoms with Crippen molar-refractivity contribution >= 4 is 23.2 Å². The van der Waals surface area contributed by atoms with Crippen LogP contribution in [0.3, 0.4) is 0 Å². The Morgan fingerprint density at radius 3 is 2.85 bits per heavy atom. The van der Waals surface area contributed by atoms with Crippen molar-refractivity contribution in [3.63, 3.8) is 0 Å². The van der Waals surface area contributed by atoms with E-state index in [2.05, 4.69) is 10.2 Å². The fraction of sp³-hybridized carbons (Fsp3) is 0.500. The number of carbonyl (C=O) groups is 1. The van der Waals surface area contributed by atoms with Gasteiger partial charge in [0.15, 0.2) is 0 Å². The van der Waals surface area contributed by atoms with E-state index in [-0.39, 0.29) is 5.91 Å². The molecule has 5 nitrogen and oxygen atoms in total. The molecule has 1 amide bonds. The molecule has 1 saturated heterocycles. The van der Waals surface area contributed by atoms with Crippen LogP contribution in [0.25, 0.3) is 0 Å². The molecule has 2 rings (SSSR count). The van der Waals surface area contributed by atoms with Crippen LogP contribution >= 0.6 is 11.6 Å². The number of nitrogens with one attached hydrogen (secondary N) is 1. The Morgan fingerprint density at radius 1 is 1.40 bits per heavy atom. The van der Waals surface area contributed by atoms with E-state index < -0.39 is 0 Å². The fourth-order valence-electron chi connectivity index (χ4n) is 2.10. The molecule has 0 aliphatic carbocycles. The number of anilines is 1. The summed E-state index contributed by atoms with van der Waals surface area (Å²) in [6.45, 7) is 5.18. The third kappa shape index (κ3) is 4.37. The minimum absolute atomic E-state index is 0.117. The smallest absolute Gasteiger partial charge is 0.251 e. The van der Waals surface area contributed by atoms with Crippen LogP contribution in [0.2, 0.25) is 5.02 Å². The average Bonchev–Trinajstić information content (AvgIpc) is 2.47. The van der Waals surface area contributed by atoms with Crippen molar-refractivity contribution in [2.45, 2.75) is 6.42 Å². The van der Waals surface area contributed by atoms with Crippen LogP contribution in [0.5, 0.6) is 0 Å². The van der Waals surface area contributed by atoms with Crippen molar-refractivity contribution < 1.29 is 9.53 Å². The maximum Gasteiger partial charge on any atom is 0.251 e. The number of rotatable bonds is 5. The average molecular weight is 298 g/mol. The number of morpholine rings is 1. The molecule has 3 N–H and O–H groups in total. The third-order valence-corrected chi connectivity index (χ3v) is 3.63. The number of ether oxygens (including phenoxy) is 1. The number of hydrogen-bond donors (Lipinski definition) is 2. The van der Waals surface area contributed by atoms with Crippen molar-refractivity contribution in [3.8, 4) is 0 Å². The molecule has 1 aromatic carbocycles. The minimum Gasteiger partial charge on any atom is -0.398 e. The molecular weight excluding hydrogens is 278 g/mol. The monoisotopic (exact) mass is 297 g/mol. The summed E-state index contributed by atoms with van der Waals surface area (Å²) in [5.41, 5.74) is 6.63. The normalized spacial score (nSPS) is 16.1. The molecule has 1 fully saturated rings. The summed E-state index contributed by atoms with van der Waals surface area (Å²) in [7, 11) is 0. The van der Waals surface area contributed by atoms with Gasteiger partial charge < -0.3 is 15.8 Å². The summed E-state index contributed by atoms with van der Waals surface area (Å²) >= 11 is 5.90. The molecule has 1 aliphatic heterocycles. The molecule has 0 unspecified atom stereocenters. The Bertz CT molecular complexity index is 462. The number of carbonyl (C=O) groups excluding carboxylic acids is 1. The predicted molar refractivity (Wildman–Crippen MR) is 80.1 cm³/mol. The molecule has 0 spiro atoms. The van der Waals surface area contributed by atoms with E-state index in [0.717, 1.165) is 39.3 Å². The van der Waals surface area contributed by atoms with E-state index >= 15 is 0 Å². The first-order valence-electron chi connectivity index (χ1n) is 6.80. The van der Waals surface area contributed by atoms with Crippen LogP contribution in [-0.2, 0) is 4.74 Å². The Morgan fingerprint density at radius 2 is 2.15 bits per heavy atom. The number of hydrogen-bond acceptors (Lipinski definition) is 4. The summed E-state index contributed by atoms with van der Waals surface area (Å²) in [5.74, 6) is -0.117. The molecule has 20 heavy (non-hydrogen) atoms. The Kier molecular flexibility index (Phi) is 5.64. The van der Waals surface area contributed by atoms with Gasteiger partial charge in [0, 0.05) is 25.2 Å². The van der Waals surface area contributed by atoms with E-state index in [9.17, 15) is 4.79 Å². The first-order chi connectivity index (χ1) is 9.66. The van der Waals surface area contributed by atoms with E-state index in [1.807, 2.05) is 0 Å². The molecule has 0 saturated carbocycles. The van der Waals surface area contributed by atoms with Crippen molar-refractivity contribution in [1.29, 1.82) is 0 Å². The summed E-state index contributed by atoms with van der Waals surface area (Å²) in [6.07, 6.45) is 0.925. The Labute approximate surface area is 124 Å². The van der Waals surface area contributed by atoms with Gasteiger partial charge in [-0.1, -0.05) is 11.6 Å². The molecule has 0 bridgehead atoms. The molecule has 0 aromatic heterocycles. The molecule has 0 radical (unpaired) electrons. The summed E-state index contributed by atoms with van der Waals surface area (Å²) in [6, 6.07) is 4.91. The molecule has 1 aromatic rings. The Balaban J connectivity index is 1.70. The largest absolute Gasteiger partial charge is 0.398 e. The van der Waals surface area contributed by atoms with E-state index in [1.165, 1.54) is 0 Å². The lowest BCUT2D eigenvalue weighted by atomic mass is 10.2. The highest BCUT2D eigenvalue weighted by Crippen LogP contribution is 2.19. The first kappa shape index (κ1) is 15.1. The maximum absolute atomic E-state index is 11.9. The van der Waals surface area contributed by atoms with Gasteiger partial charge in [0.2, 0.25) is 0 Å². The molecular formula is C14H20ClN3O2. The second-order valence-corrected chi connectivity index (χ2v) is 5.21. The zero-order valence-corrected chi connectivity index (χ0v) is 12.2. The number of halogens is 1. The first-order valence-corrected chi connectivity index (χ1v) is 7.18. The van der Waals surface area contributed by atoms with Crippen molar-refractivity contribution in [2.24, 2.45) is 0 Å². The van der Waals surface area contributed by atoms with Gasteiger partial charge in [-0.05, 0) is 31.2 Å². The molecule has 110 valence electrons. The van der Waals surface area contributed by atoms with E-state index in [1.54, 1.807) is 18.2 Å². The van der Waals surface area contributed by atoms with Crippen molar-refractivity contribution in [2.75, 3.05) is 45.1 Å². The highest BCUT2D eigenvalue weighted by atomic mass is 35.5. The number of amides is 1. The second kappa shape index (κ2) is 7.47. The number of nitrogens with zero attached hydrogens (tertiary/aromatic N) is 1. The van der Waals surface area contributed by atoms with Gasteiger partial charge in [0.05, 0.1) is 23.9 Å². The SMILES string of the molecule is Nc1ccc(C(=O)NCCCN2CCOCC2)cc1Cl. The van der Waals surface area contributed by atoms with Gasteiger partial charge in [-0.3, -0.25) is 9.69 Å². The van der Waals surface area contributed by atoms with Gasteiger partial charge in [0.1, 0.15) is 0 Å². The van der Waals surface area contributed by atoms with Gasteiger partial charge in [-0.15, -0.1) is 0 Å². The van der Waals surface area contributed by atoms with Crippen LogP contribution < -0.4 is 11.1 Å². The second-order valence-electron chi connectivity index (χ2n) is 4.80. The quantitative estimate of drug-likeness (QED) is 0.636. The highest BCUT2D eigenvalue weighted by Gasteiger charge is 2.10.